The third-order valence-corrected chi connectivity index (χ3v) is 2.84. The van der Waals surface area contributed by atoms with E-state index in [0.717, 1.165) is 17.8 Å². The summed E-state index contributed by atoms with van der Waals surface area (Å²) in [4.78, 5) is 16.1. The molecule has 0 bridgehead atoms. The first-order chi connectivity index (χ1) is 8.66. The van der Waals surface area contributed by atoms with E-state index in [9.17, 15) is 4.79 Å². The van der Waals surface area contributed by atoms with Gasteiger partial charge in [-0.2, -0.15) is 0 Å². The fourth-order valence-electron chi connectivity index (χ4n) is 1.81. The Morgan fingerprint density at radius 3 is 2.94 bits per heavy atom. The zero-order valence-corrected chi connectivity index (χ0v) is 10.7. The van der Waals surface area contributed by atoms with Gasteiger partial charge in [-0.15, -0.1) is 0 Å². The molecule has 1 amide bonds. The molecule has 0 unspecified atom stereocenters. The topological polar surface area (TPSA) is 46.9 Å². The van der Waals surface area contributed by atoms with Crippen molar-refractivity contribution in [3.8, 4) is 0 Å². The highest BCUT2D eigenvalue weighted by molar-refractivity contribution is 5.94. The summed E-state index contributed by atoms with van der Waals surface area (Å²) < 4.78 is 1.96. The van der Waals surface area contributed by atoms with Crippen LogP contribution in [0.2, 0.25) is 0 Å². The second-order valence-electron chi connectivity index (χ2n) is 4.33. The lowest BCUT2D eigenvalue weighted by molar-refractivity contribution is 0.0954. The normalized spacial score (nSPS) is 10.3. The number of rotatable bonds is 4. The van der Waals surface area contributed by atoms with Crippen LogP contribution in [0, 0.1) is 6.92 Å². The lowest BCUT2D eigenvalue weighted by atomic mass is 10.1. The van der Waals surface area contributed by atoms with Crippen molar-refractivity contribution in [1.29, 1.82) is 0 Å². The van der Waals surface area contributed by atoms with Crippen LogP contribution < -0.4 is 5.32 Å². The Hall–Kier alpha value is -2.10. The second kappa shape index (κ2) is 5.49. The SMILES string of the molecule is Cc1cccc(C(=O)NCCc2nccn2C)c1. The maximum absolute atomic E-state index is 11.9. The molecular weight excluding hydrogens is 226 g/mol. The number of benzene rings is 1. The van der Waals surface area contributed by atoms with Crippen molar-refractivity contribution in [2.45, 2.75) is 13.3 Å². The zero-order chi connectivity index (χ0) is 13.0. The van der Waals surface area contributed by atoms with Crippen LogP contribution in [0.4, 0.5) is 0 Å². The van der Waals surface area contributed by atoms with Crippen molar-refractivity contribution < 1.29 is 4.79 Å². The number of amides is 1. The van der Waals surface area contributed by atoms with Crippen LogP contribution in [-0.4, -0.2) is 22.0 Å². The summed E-state index contributed by atoms with van der Waals surface area (Å²) in [6, 6.07) is 7.58. The Morgan fingerprint density at radius 1 is 1.44 bits per heavy atom. The van der Waals surface area contributed by atoms with Gasteiger partial charge in [-0.05, 0) is 19.1 Å². The molecule has 1 heterocycles. The Labute approximate surface area is 107 Å². The number of hydrogen-bond acceptors (Lipinski definition) is 2. The lowest BCUT2D eigenvalue weighted by Crippen LogP contribution is -2.26. The van der Waals surface area contributed by atoms with E-state index in [-0.39, 0.29) is 5.91 Å². The molecule has 0 aliphatic carbocycles. The van der Waals surface area contributed by atoms with Crippen molar-refractivity contribution in [2.75, 3.05) is 6.54 Å². The van der Waals surface area contributed by atoms with Crippen molar-refractivity contribution in [2.24, 2.45) is 7.05 Å². The van der Waals surface area contributed by atoms with Gasteiger partial charge < -0.3 is 9.88 Å². The molecule has 0 saturated heterocycles. The standard InChI is InChI=1S/C14H17N3O/c1-11-4-3-5-12(10-11)14(18)16-7-6-13-15-8-9-17(13)2/h3-5,8-10H,6-7H2,1-2H3,(H,16,18). The predicted octanol–water partition coefficient (Wildman–Crippen LogP) is 1.70. The highest BCUT2D eigenvalue weighted by Crippen LogP contribution is 2.03. The van der Waals surface area contributed by atoms with E-state index >= 15 is 0 Å². The van der Waals surface area contributed by atoms with Gasteiger partial charge in [0, 0.05) is 38.0 Å². The molecule has 2 rings (SSSR count). The quantitative estimate of drug-likeness (QED) is 0.888. The molecule has 0 spiro atoms. The van der Waals surface area contributed by atoms with Gasteiger partial charge in [0.05, 0.1) is 0 Å². The molecule has 0 fully saturated rings. The summed E-state index contributed by atoms with van der Waals surface area (Å²) in [5.74, 6) is 0.937. The molecular formula is C14H17N3O. The maximum Gasteiger partial charge on any atom is 0.251 e. The number of imidazole rings is 1. The summed E-state index contributed by atoms with van der Waals surface area (Å²) in [6.07, 6.45) is 4.40. The first-order valence-electron chi connectivity index (χ1n) is 5.98. The third-order valence-electron chi connectivity index (χ3n) is 2.84. The minimum absolute atomic E-state index is 0.0343. The largest absolute Gasteiger partial charge is 0.352 e. The van der Waals surface area contributed by atoms with Gasteiger partial charge in [-0.1, -0.05) is 17.7 Å². The first-order valence-corrected chi connectivity index (χ1v) is 5.98. The molecule has 1 aromatic carbocycles. The monoisotopic (exact) mass is 243 g/mol. The van der Waals surface area contributed by atoms with Crippen LogP contribution in [0.5, 0.6) is 0 Å². The van der Waals surface area contributed by atoms with Gasteiger partial charge in [-0.25, -0.2) is 4.98 Å². The Bertz CT molecular complexity index is 545. The first kappa shape index (κ1) is 12.4. The Kier molecular flexibility index (Phi) is 3.77. The smallest absolute Gasteiger partial charge is 0.251 e. The summed E-state index contributed by atoms with van der Waals surface area (Å²) in [6.45, 7) is 2.57. The van der Waals surface area contributed by atoms with Gasteiger partial charge in [0.25, 0.3) is 5.91 Å². The molecule has 0 saturated carbocycles. The van der Waals surface area contributed by atoms with Gasteiger partial charge in [0.15, 0.2) is 0 Å². The number of nitrogens with one attached hydrogen (secondary N) is 1. The van der Waals surface area contributed by atoms with Crippen molar-refractivity contribution in [1.82, 2.24) is 14.9 Å². The molecule has 2 aromatic rings. The van der Waals surface area contributed by atoms with Crippen LogP contribution in [0.15, 0.2) is 36.7 Å². The summed E-state index contributed by atoms with van der Waals surface area (Å²) in [7, 11) is 1.95. The van der Waals surface area contributed by atoms with E-state index in [0.29, 0.717) is 12.1 Å². The fraction of sp³-hybridized carbons (Fsp3) is 0.286. The van der Waals surface area contributed by atoms with E-state index in [1.807, 2.05) is 49.0 Å². The number of carbonyl (C=O) groups is 1. The van der Waals surface area contributed by atoms with Crippen LogP contribution in [0.1, 0.15) is 21.7 Å². The fourth-order valence-corrected chi connectivity index (χ4v) is 1.81. The second-order valence-corrected chi connectivity index (χ2v) is 4.33. The molecule has 18 heavy (non-hydrogen) atoms. The van der Waals surface area contributed by atoms with Crippen LogP contribution in [0.25, 0.3) is 0 Å². The Balaban J connectivity index is 1.87. The molecule has 0 radical (unpaired) electrons. The van der Waals surface area contributed by atoms with E-state index in [1.165, 1.54) is 0 Å². The zero-order valence-electron chi connectivity index (χ0n) is 10.7. The minimum atomic E-state index is -0.0343. The van der Waals surface area contributed by atoms with Crippen molar-refractivity contribution in [3.05, 3.63) is 53.6 Å². The number of nitrogens with zero attached hydrogens (tertiary/aromatic N) is 2. The summed E-state index contributed by atoms with van der Waals surface area (Å²) in [5.41, 5.74) is 1.79. The van der Waals surface area contributed by atoms with Crippen LogP contribution in [-0.2, 0) is 13.5 Å². The summed E-state index contributed by atoms with van der Waals surface area (Å²) in [5, 5.41) is 2.90. The molecule has 0 aliphatic heterocycles. The van der Waals surface area contributed by atoms with E-state index in [1.54, 1.807) is 6.20 Å². The van der Waals surface area contributed by atoms with Crippen molar-refractivity contribution in [3.63, 3.8) is 0 Å². The number of aryl methyl sites for hydroxylation is 2. The number of carbonyl (C=O) groups excluding carboxylic acids is 1. The number of aromatic nitrogens is 2. The third kappa shape index (κ3) is 2.97. The molecule has 1 N–H and O–H groups in total. The van der Waals surface area contributed by atoms with E-state index in [4.69, 9.17) is 0 Å². The molecule has 0 aliphatic rings. The lowest BCUT2D eigenvalue weighted by Gasteiger charge is -2.06. The van der Waals surface area contributed by atoms with Gasteiger partial charge in [0.2, 0.25) is 0 Å². The highest BCUT2D eigenvalue weighted by atomic mass is 16.1. The highest BCUT2D eigenvalue weighted by Gasteiger charge is 2.05. The molecule has 1 aromatic heterocycles. The minimum Gasteiger partial charge on any atom is -0.352 e. The molecule has 0 atom stereocenters. The Morgan fingerprint density at radius 2 is 2.28 bits per heavy atom. The average molecular weight is 243 g/mol. The van der Waals surface area contributed by atoms with Crippen molar-refractivity contribution >= 4 is 5.91 Å². The summed E-state index contributed by atoms with van der Waals surface area (Å²) >= 11 is 0. The molecule has 94 valence electrons. The average Bonchev–Trinajstić information content (AvgIpc) is 2.75. The molecule has 4 nitrogen and oxygen atoms in total. The van der Waals surface area contributed by atoms with Crippen LogP contribution >= 0.6 is 0 Å². The predicted molar refractivity (Wildman–Crippen MR) is 70.4 cm³/mol. The van der Waals surface area contributed by atoms with Crippen LogP contribution in [0.3, 0.4) is 0 Å². The van der Waals surface area contributed by atoms with Gasteiger partial charge in [-0.3, -0.25) is 4.79 Å². The maximum atomic E-state index is 11.9. The van der Waals surface area contributed by atoms with E-state index < -0.39 is 0 Å². The van der Waals surface area contributed by atoms with Gasteiger partial charge in [0.1, 0.15) is 5.82 Å². The molecule has 4 heteroatoms. The van der Waals surface area contributed by atoms with E-state index in [2.05, 4.69) is 10.3 Å². The van der Waals surface area contributed by atoms with Gasteiger partial charge >= 0.3 is 0 Å². The number of hydrogen-bond donors (Lipinski definition) is 1.